The molecular formula is C33H40O6. The fraction of sp³-hybridized carbons (Fsp3) is 0.424. The fourth-order valence-electron chi connectivity index (χ4n) is 4.74. The van der Waals surface area contributed by atoms with Crippen molar-refractivity contribution >= 4 is 5.97 Å². The van der Waals surface area contributed by atoms with Gasteiger partial charge < -0.3 is 23.7 Å². The Labute approximate surface area is 232 Å². The van der Waals surface area contributed by atoms with Crippen molar-refractivity contribution in [1.82, 2.24) is 0 Å². The van der Waals surface area contributed by atoms with E-state index in [0.717, 1.165) is 29.5 Å². The lowest BCUT2D eigenvalue weighted by Crippen LogP contribution is -2.53. The second-order valence-electron chi connectivity index (χ2n) is 9.89. The zero-order valence-electron chi connectivity index (χ0n) is 22.9. The fourth-order valence-corrected chi connectivity index (χ4v) is 4.74. The van der Waals surface area contributed by atoms with Gasteiger partial charge in [-0.05, 0) is 29.5 Å². The molecule has 1 aliphatic heterocycles. The minimum absolute atomic E-state index is 0.155. The Morgan fingerprint density at radius 3 is 1.82 bits per heavy atom. The van der Waals surface area contributed by atoms with Crippen molar-refractivity contribution in [2.45, 2.75) is 77.5 Å². The summed E-state index contributed by atoms with van der Waals surface area (Å²) in [7, 11) is 0. The Morgan fingerprint density at radius 2 is 1.28 bits per heavy atom. The summed E-state index contributed by atoms with van der Waals surface area (Å²) in [5, 5.41) is 0. The molecule has 3 aromatic rings. The van der Waals surface area contributed by atoms with E-state index in [0.29, 0.717) is 26.2 Å². The van der Waals surface area contributed by atoms with Gasteiger partial charge in [-0.1, -0.05) is 105 Å². The molecule has 1 aliphatic rings. The van der Waals surface area contributed by atoms with Crippen molar-refractivity contribution < 1.29 is 28.5 Å². The van der Waals surface area contributed by atoms with Crippen LogP contribution in [0.1, 0.15) is 49.8 Å². The van der Waals surface area contributed by atoms with E-state index in [1.54, 1.807) is 0 Å². The quantitative estimate of drug-likeness (QED) is 0.222. The van der Waals surface area contributed by atoms with Crippen molar-refractivity contribution in [1.29, 1.82) is 0 Å². The number of ether oxygens (including phenoxy) is 5. The molecule has 4 rings (SSSR count). The van der Waals surface area contributed by atoms with E-state index in [4.69, 9.17) is 23.7 Å². The lowest BCUT2D eigenvalue weighted by molar-refractivity contribution is -0.273. The summed E-state index contributed by atoms with van der Waals surface area (Å²) >= 11 is 0. The van der Waals surface area contributed by atoms with Gasteiger partial charge in [-0.15, -0.1) is 0 Å². The van der Waals surface area contributed by atoms with E-state index >= 15 is 0 Å². The Morgan fingerprint density at radius 1 is 0.769 bits per heavy atom. The third-order valence-electron chi connectivity index (χ3n) is 7.04. The van der Waals surface area contributed by atoms with Crippen LogP contribution in [0.2, 0.25) is 0 Å². The van der Waals surface area contributed by atoms with Crippen molar-refractivity contribution in [3.8, 4) is 0 Å². The van der Waals surface area contributed by atoms with Crippen molar-refractivity contribution in [3.63, 3.8) is 0 Å². The predicted octanol–water partition coefficient (Wildman–Crippen LogP) is 6.47. The molecule has 3 aromatic carbocycles. The van der Waals surface area contributed by atoms with E-state index in [2.05, 4.69) is 0 Å². The van der Waals surface area contributed by atoms with Crippen LogP contribution < -0.4 is 0 Å². The number of benzene rings is 3. The van der Waals surface area contributed by atoms with E-state index < -0.39 is 18.5 Å². The lowest BCUT2D eigenvalue weighted by atomic mass is 10.00. The summed E-state index contributed by atoms with van der Waals surface area (Å²) in [6.45, 7) is 5.54. The average molecular weight is 533 g/mol. The highest BCUT2D eigenvalue weighted by molar-refractivity contribution is 5.72. The van der Waals surface area contributed by atoms with Crippen LogP contribution in [0.25, 0.3) is 0 Å². The molecule has 4 atom stereocenters. The first-order valence-corrected chi connectivity index (χ1v) is 13.9. The van der Waals surface area contributed by atoms with Gasteiger partial charge in [-0.3, -0.25) is 4.79 Å². The van der Waals surface area contributed by atoms with E-state index in [1.165, 1.54) is 0 Å². The number of hydrogen-bond acceptors (Lipinski definition) is 6. The SMILES string of the molecule is CCC(CC)C(=O)O[C@H]1C[C@@H](OCc2ccccc2)[C@H](OCc2ccccc2)[C@@H](COCc2ccccc2)O1. The monoisotopic (exact) mass is 532 g/mol. The van der Waals surface area contributed by atoms with Crippen LogP contribution >= 0.6 is 0 Å². The van der Waals surface area contributed by atoms with Crippen LogP contribution in [0, 0.1) is 5.92 Å². The molecule has 6 heteroatoms. The number of hydrogen-bond donors (Lipinski definition) is 0. The van der Waals surface area contributed by atoms with Crippen molar-refractivity contribution in [2.75, 3.05) is 6.61 Å². The highest BCUT2D eigenvalue weighted by Crippen LogP contribution is 2.29. The number of esters is 1. The summed E-state index contributed by atoms with van der Waals surface area (Å²) in [5.74, 6) is -0.392. The van der Waals surface area contributed by atoms with E-state index in [9.17, 15) is 4.79 Å². The van der Waals surface area contributed by atoms with Crippen molar-refractivity contribution in [3.05, 3.63) is 108 Å². The molecule has 208 valence electrons. The molecule has 0 aromatic heterocycles. The second kappa shape index (κ2) is 15.5. The van der Waals surface area contributed by atoms with Gasteiger partial charge in [0, 0.05) is 6.42 Å². The molecule has 1 fully saturated rings. The first kappa shape index (κ1) is 29.0. The molecule has 1 heterocycles. The van der Waals surface area contributed by atoms with Crippen LogP contribution in [0.5, 0.6) is 0 Å². The maximum atomic E-state index is 12.9. The summed E-state index contributed by atoms with van der Waals surface area (Å²) in [6, 6.07) is 30.1. The van der Waals surface area contributed by atoms with Gasteiger partial charge in [0.25, 0.3) is 0 Å². The largest absolute Gasteiger partial charge is 0.435 e. The Kier molecular flexibility index (Phi) is 11.5. The smallest absolute Gasteiger partial charge is 0.311 e. The van der Waals surface area contributed by atoms with Crippen LogP contribution in [0.4, 0.5) is 0 Å². The molecule has 0 N–H and O–H groups in total. The Hall–Kier alpha value is -3.03. The lowest BCUT2D eigenvalue weighted by Gasteiger charge is -2.41. The maximum Gasteiger partial charge on any atom is 0.311 e. The molecule has 0 spiro atoms. The first-order chi connectivity index (χ1) is 19.2. The molecule has 0 unspecified atom stereocenters. The van der Waals surface area contributed by atoms with Crippen LogP contribution in [-0.2, 0) is 48.3 Å². The van der Waals surface area contributed by atoms with Crippen LogP contribution in [-0.4, -0.2) is 37.2 Å². The standard InChI is InChI=1S/C33H40O6/c1-3-28(4-2)33(34)39-31-20-29(36-22-26-16-10-6-11-17-26)32(37-23-27-18-12-7-13-19-27)30(38-31)24-35-21-25-14-8-5-9-15-25/h5-19,28-32H,3-4,20-24H2,1-2H3/t29-,30-,31+,32+/m1/s1. The molecular weight excluding hydrogens is 492 g/mol. The van der Waals surface area contributed by atoms with Gasteiger partial charge in [0.2, 0.25) is 6.29 Å². The summed E-state index contributed by atoms with van der Waals surface area (Å²) in [6.07, 6.45) is -0.148. The zero-order valence-corrected chi connectivity index (χ0v) is 22.9. The normalized spacial score (nSPS) is 21.1. The Balaban J connectivity index is 1.51. The third-order valence-corrected chi connectivity index (χ3v) is 7.04. The zero-order chi connectivity index (χ0) is 27.3. The molecule has 0 bridgehead atoms. The summed E-state index contributed by atoms with van der Waals surface area (Å²) in [5.41, 5.74) is 3.20. The average Bonchev–Trinajstić information content (AvgIpc) is 2.98. The molecule has 0 amide bonds. The van der Waals surface area contributed by atoms with Gasteiger partial charge >= 0.3 is 5.97 Å². The summed E-state index contributed by atoms with van der Waals surface area (Å²) in [4.78, 5) is 12.9. The van der Waals surface area contributed by atoms with Crippen molar-refractivity contribution in [2.24, 2.45) is 5.92 Å². The topological polar surface area (TPSA) is 63.2 Å². The predicted molar refractivity (Wildman–Crippen MR) is 150 cm³/mol. The highest BCUT2D eigenvalue weighted by Gasteiger charge is 2.42. The Bertz CT molecular complexity index is 1090. The van der Waals surface area contributed by atoms with E-state index in [-0.39, 0.29) is 24.6 Å². The van der Waals surface area contributed by atoms with E-state index in [1.807, 2.05) is 105 Å². The third kappa shape index (κ3) is 9.01. The first-order valence-electron chi connectivity index (χ1n) is 13.9. The molecule has 0 aliphatic carbocycles. The molecule has 39 heavy (non-hydrogen) atoms. The van der Waals surface area contributed by atoms with Gasteiger partial charge in [-0.2, -0.15) is 0 Å². The molecule has 6 nitrogen and oxygen atoms in total. The van der Waals surface area contributed by atoms with Gasteiger partial charge in [-0.25, -0.2) is 0 Å². The molecule has 1 saturated heterocycles. The summed E-state index contributed by atoms with van der Waals surface area (Å²) < 4.78 is 31.2. The minimum atomic E-state index is -0.735. The number of carbonyl (C=O) groups excluding carboxylic acids is 1. The second-order valence-corrected chi connectivity index (χ2v) is 9.89. The van der Waals surface area contributed by atoms with Crippen LogP contribution in [0.15, 0.2) is 91.0 Å². The van der Waals surface area contributed by atoms with Gasteiger partial charge in [0.05, 0.1) is 38.4 Å². The number of rotatable bonds is 14. The van der Waals surface area contributed by atoms with Gasteiger partial charge in [0.1, 0.15) is 12.2 Å². The van der Waals surface area contributed by atoms with Crippen LogP contribution in [0.3, 0.4) is 0 Å². The minimum Gasteiger partial charge on any atom is -0.435 e. The highest BCUT2D eigenvalue weighted by atomic mass is 16.7. The van der Waals surface area contributed by atoms with Gasteiger partial charge in [0.15, 0.2) is 0 Å². The number of carbonyl (C=O) groups is 1. The molecule has 0 radical (unpaired) electrons. The maximum absolute atomic E-state index is 12.9. The molecule has 0 saturated carbocycles.